The van der Waals surface area contributed by atoms with E-state index in [1.807, 2.05) is 24.5 Å². The van der Waals surface area contributed by atoms with Crippen LogP contribution in [0.4, 0.5) is 0 Å². The molecule has 0 radical (unpaired) electrons. The van der Waals surface area contributed by atoms with Crippen LogP contribution in [0.25, 0.3) is 11.3 Å². The van der Waals surface area contributed by atoms with Gasteiger partial charge in [0.2, 0.25) is 0 Å². The maximum Gasteiger partial charge on any atom is 0.110 e. The van der Waals surface area contributed by atoms with E-state index in [1.54, 1.807) is 11.3 Å². The van der Waals surface area contributed by atoms with Crippen molar-refractivity contribution in [3.8, 4) is 11.3 Å². The molecule has 1 N–H and O–H groups in total. The van der Waals surface area contributed by atoms with Crippen LogP contribution in [0, 0.1) is 0 Å². The third-order valence-electron chi connectivity index (χ3n) is 3.94. The second-order valence-corrected chi connectivity index (χ2v) is 6.29. The van der Waals surface area contributed by atoms with Crippen molar-refractivity contribution >= 4 is 11.3 Å². The standard InChI is InChI=1S/C16H22N4S/c1-2-3-15(20-10-8-18-9-11-20)16-19-14(12-21-16)13-4-6-17-7-5-13/h4-7,12,15,18H,2-3,8-11H2,1H3. The number of thiazole rings is 1. The fraction of sp³-hybridized carbons (Fsp3) is 0.500. The van der Waals surface area contributed by atoms with Crippen molar-refractivity contribution < 1.29 is 0 Å². The van der Waals surface area contributed by atoms with E-state index in [2.05, 4.69) is 27.5 Å². The fourth-order valence-electron chi connectivity index (χ4n) is 2.83. The average Bonchev–Trinajstić information content (AvgIpc) is 3.04. The second kappa shape index (κ2) is 7.11. The molecule has 0 aromatic carbocycles. The number of nitrogens with zero attached hydrogens (tertiary/aromatic N) is 3. The largest absolute Gasteiger partial charge is 0.314 e. The topological polar surface area (TPSA) is 41.1 Å². The van der Waals surface area contributed by atoms with Crippen molar-refractivity contribution in [2.24, 2.45) is 0 Å². The predicted octanol–water partition coefficient (Wildman–Crippen LogP) is 2.95. The summed E-state index contributed by atoms with van der Waals surface area (Å²) in [5.41, 5.74) is 2.23. The van der Waals surface area contributed by atoms with E-state index in [1.165, 1.54) is 17.8 Å². The molecule has 0 aliphatic carbocycles. The van der Waals surface area contributed by atoms with Crippen molar-refractivity contribution in [1.29, 1.82) is 0 Å². The average molecular weight is 302 g/mol. The molecule has 0 amide bonds. The number of hydrogen-bond acceptors (Lipinski definition) is 5. The number of pyridine rings is 1. The third kappa shape index (κ3) is 3.48. The van der Waals surface area contributed by atoms with Gasteiger partial charge in [-0.15, -0.1) is 11.3 Å². The lowest BCUT2D eigenvalue weighted by atomic mass is 10.1. The van der Waals surface area contributed by atoms with Gasteiger partial charge in [0.15, 0.2) is 0 Å². The number of aromatic nitrogens is 2. The molecule has 4 nitrogen and oxygen atoms in total. The fourth-order valence-corrected chi connectivity index (χ4v) is 3.82. The van der Waals surface area contributed by atoms with E-state index >= 15 is 0 Å². The molecule has 1 saturated heterocycles. The van der Waals surface area contributed by atoms with Gasteiger partial charge in [0.25, 0.3) is 0 Å². The smallest absolute Gasteiger partial charge is 0.110 e. The third-order valence-corrected chi connectivity index (χ3v) is 4.88. The van der Waals surface area contributed by atoms with Crippen LogP contribution >= 0.6 is 11.3 Å². The Kier molecular flexibility index (Phi) is 4.95. The molecule has 0 saturated carbocycles. The van der Waals surface area contributed by atoms with Crippen LogP contribution in [0.2, 0.25) is 0 Å². The highest BCUT2D eigenvalue weighted by molar-refractivity contribution is 7.10. The van der Waals surface area contributed by atoms with Crippen molar-refractivity contribution in [2.45, 2.75) is 25.8 Å². The first-order valence-electron chi connectivity index (χ1n) is 7.69. The molecule has 2 aromatic rings. The highest BCUT2D eigenvalue weighted by Gasteiger charge is 2.24. The van der Waals surface area contributed by atoms with E-state index in [9.17, 15) is 0 Å². The van der Waals surface area contributed by atoms with Gasteiger partial charge >= 0.3 is 0 Å². The summed E-state index contributed by atoms with van der Waals surface area (Å²) >= 11 is 1.79. The van der Waals surface area contributed by atoms with Gasteiger partial charge in [-0.25, -0.2) is 4.98 Å². The summed E-state index contributed by atoms with van der Waals surface area (Å²) in [4.78, 5) is 11.6. The Bertz CT molecular complexity index is 548. The second-order valence-electron chi connectivity index (χ2n) is 5.40. The van der Waals surface area contributed by atoms with E-state index in [4.69, 9.17) is 4.98 Å². The molecule has 112 valence electrons. The molecule has 5 heteroatoms. The zero-order valence-electron chi connectivity index (χ0n) is 12.5. The molecule has 1 unspecified atom stereocenters. The molecule has 3 heterocycles. The molecule has 3 rings (SSSR count). The molecule has 21 heavy (non-hydrogen) atoms. The monoisotopic (exact) mass is 302 g/mol. The Hall–Kier alpha value is -1.30. The number of hydrogen-bond donors (Lipinski definition) is 1. The Morgan fingerprint density at radius 3 is 2.76 bits per heavy atom. The summed E-state index contributed by atoms with van der Waals surface area (Å²) in [6.07, 6.45) is 6.03. The Balaban J connectivity index is 1.81. The summed E-state index contributed by atoms with van der Waals surface area (Å²) < 4.78 is 0. The van der Waals surface area contributed by atoms with Crippen LogP contribution in [0.1, 0.15) is 30.8 Å². The van der Waals surface area contributed by atoms with Crippen molar-refractivity contribution in [3.05, 3.63) is 34.9 Å². The van der Waals surface area contributed by atoms with Gasteiger partial charge < -0.3 is 5.32 Å². The Labute approximate surface area is 130 Å². The van der Waals surface area contributed by atoms with Gasteiger partial charge in [0, 0.05) is 49.5 Å². The van der Waals surface area contributed by atoms with Gasteiger partial charge in [-0.05, 0) is 18.6 Å². The molecule has 1 aliphatic heterocycles. The van der Waals surface area contributed by atoms with E-state index in [0.717, 1.165) is 37.4 Å². The normalized spacial score (nSPS) is 17.8. The molecular weight excluding hydrogens is 280 g/mol. The predicted molar refractivity (Wildman–Crippen MR) is 87.4 cm³/mol. The van der Waals surface area contributed by atoms with Crippen LogP contribution in [0.15, 0.2) is 29.9 Å². The lowest BCUT2D eigenvalue weighted by Gasteiger charge is -2.33. The van der Waals surface area contributed by atoms with Crippen molar-refractivity contribution in [3.63, 3.8) is 0 Å². The summed E-state index contributed by atoms with van der Waals surface area (Å²) in [5.74, 6) is 0. The van der Waals surface area contributed by atoms with Gasteiger partial charge in [-0.2, -0.15) is 0 Å². The maximum absolute atomic E-state index is 4.90. The van der Waals surface area contributed by atoms with E-state index in [0.29, 0.717) is 6.04 Å². The minimum atomic E-state index is 0.470. The summed E-state index contributed by atoms with van der Waals surface area (Å²) in [6.45, 7) is 6.67. The van der Waals surface area contributed by atoms with Crippen LogP contribution in [0.5, 0.6) is 0 Å². The van der Waals surface area contributed by atoms with E-state index < -0.39 is 0 Å². The first-order chi connectivity index (χ1) is 10.4. The Morgan fingerprint density at radius 2 is 2.05 bits per heavy atom. The van der Waals surface area contributed by atoms with Gasteiger partial charge in [-0.3, -0.25) is 9.88 Å². The zero-order chi connectivity index (χ0) is 14.5. The lowest BCUT2D eigenvalue weighted by molar-refractivity contribution is 0.164. The van der Waals surface area contributed by atoms with Crippen LogP contribution in [-0.2, 0) is 0 Å². The number of rotatable bonds is 5. The van der Waals surface area contributed by atoms with Crippen LogP contribution in [-0.4, -0.2) is 41.0 Å². The SMILES string of the molecule is CCCC(c1nc(-c2ccncc2)cs1)N1CCNCC1. The lowest BCUT2D eigenvalue weighted by Crippen LogP contribution is -2.45. The minimum Gasteiger partial charge on any atom is -0.314 e. The summed E-state index contributed by atoms with van der Waals surface area (Å²) in [5, 5.41) is 6.86. The molecule has 2 aromatic heterocycles. The zero-order valence-corrected chi connectivity index (χ0v) is 13.3. The number of nitrogens with one attached hydrogen (secondary N) is 1. The van der Waals surface area contributed by atoms with Gasteiger partial charge in [0.1, 0.15) is 5.01 Å². The van der Waals surface area contributed by atoms with E-state index in [-0.39, 0.29) is 0 Å². The molecule has 0 bridgehead atoms. The molecule has 0 spiro atoms. The highest BCUT2D eigenvalue weighted by Crippen LogP contribution is 2.31. The van der Waals surface area contributed by atoms with Crippen LogP contribution < -0.4 is 5.32 Å². The quantitative estimate of drug-likeness (QED) is 0.922. The molecule has 1 atom stereocenters. The van der Waals surface area contributed by atoms with Gasteiger partial charge in [0.05, 0.1) is 11.7 Å². The summed E-state index contributed by atoms with van der Waals surface area (Å²) in [7, 11) is 0. The minimum absolute atomic E-state index is 0.470. The molecular formula is C16H22N4S. The van der Waals surface area contributed by atoms with Crippen molar-refractivity contribution in [1.82, 2.24) is 20.2 Å². The van der Waals surface area contributed by atoms with Crippen molar-refractivity contribution in [2.75, 3.05) is 26.2 Å². The highest BCUT2D eigenvalue weighted by atomic mass is 32.1. The summed E-state index contributed by atoms with van der Waals surface area (Å²) in [6, 6.07) is 4.52. The molecule has 1 fully saturated rings. The molecule has 1 aliphatic rings. The Morgan fingerprint density at radius 1 is 1.29 bits per heavy atom. The van der Waals surface area contributed by atoms with Gasteiger partial charge in [-0.1, -0.05) is 13.3 Å². The maximum atomic E-state index is 4.90. The first-order valence-corrected chi connectivity index (χ1v) is 8.57. The van der Waals surface area contributed by atoms with Crippen LogP contribution in [0.3, 0.4) is 0 Å². The number of piperazine rings is 1. The first kappa shape index (κ1) is 14.6.